The molecular formula is C127H79N9. The third-order valence-corrected chi connectivity index (χ3v) is 28.4. The maximum absolute atomic E-state index is 5.62. The van der Waals surface area contributed by atoms with Gasteiger partial charge in [0.2, 0.25) is 0 Å². The van der Waals surface area contributed by atoms with E-state index in [4.69, 9.17) is 24.9 Å². The third-order valence-electron chi connectivity index (χ3n) is 28.4. The minimum Gasteiger partial charge on any atom is -0.310 e. The molecule has 17 aromatic carbocycles. The molecule has 9 heteroatoms. The van der Waals surface area contributed by atoms with Crippen molar-refractivity contribution in [3.05, 3.63) is 524 Å². The van der Waals surface area contributed by atoms with E-state index in [1.807, 2.05) is 54.9 Å². The van der Waals surface area contributed by atoms with Crippen molar-refractivity contribution in [1.29, 1.82) is 0 Å². The van der Waals surface area contributed by atoms with E-state index in [9.17, 15) is 0 Å². The van der Waals surface area contributed by atoms with Crippen molar-refractivity contribution in [1.82, 2.24) is 34.9 Å². The SMILES string of the molecule is c1ccc(-c2ccc3ccc4ccc(-c5cccc6c5-c5cc7c(-c8ccccc8)nc8ccccc8c7cc5C65c6ccccc6N(c6ccccc6)c6ccccc65)nc4c3n2)cc1.c1ccc(-c2nc3ccccc3c3cc4c(cc23)-c2c(-c3ccc(-c5cc(-c6ccccn6)nc(-c6ccccn6)c5)cc3)cccc2C42c3ccccc3N(c3ccccc3)c3ccccc32)cc1. The topological polar surface area (TPSA) is 96.7 Å². The van der Waals surface area contributed by atoms with E-state index in [0.29, 0.717) is 0 Å². The highest BCUT2D eigenvalue weighted by molar-refractivity contribution is 6.18. The third kappa shape index (κ3) is 12.0. The predicted octanol–water partition coefficient (Wildman–Crippen LogP) is 31.7. The van der Waals surface area contributed by atoms with Crippen LogP contribution in [0.5, 0.6) is 0 Å². The highest BCUT2D eigenvalue weighted by Crippen LogP contribution is 2.68. The number of aromatic nitrogens is 7. The molecule has 0 atom stereocenters. The second kappa shape index (κ2) is 31.4. The Morgan fingerprint density at radius 3 is 1.01 bits per heavy atom. The van der Waals surface area contributed by atoms with E-state index in [2.05, 4.69) is 444 Å². The van der Waals surface area contributed by atoms with E-state index >= 15 is 0 Å². The lowest BCUT2D eigenvalue weighted by atomic mass is 9.64. The highest BCUT2D eigenvalue weighted by atomic mass is 15.2. The number of hydrogen-bond donors (Lipinski definition) is 0. The van der Waals surface area contributed by atoms with Gasteiger partial charge in [0.05, 0.1) is 101 Å². The van der Waals surface area contributed by atoms with Gasteiger partial charge < -0.3 is 9.80 Å². The van der Waals surface area contributed by atoms with Crippen LogP contribution >= 0.6 is 0 Å². The van der Waals surface area contributed by atoms with Crippen LogP contribution in [0.25, 0.3) is 177 Å². The second-order valence-corrected chi connectivity index (χ2v) is 35.5. The number of hydrogen-bond acceptors (Lipinski definition) is 9. The van der Waals surface area contributed by atoms with Gasteiger partial charge in [0, 0.05) is 78.3 Å². The first-order chi connectivity index (χ1) is 67.5. The number of pyridine rings is 7. The molecule has 9 heterocycles. The molecule has 0 fully saturated rings. The Kier molecular flexibility index (Phi) is 17.9. The van der Waals surface area contributed by atoms with Crippen molar-refractivity contribution >= 4 is 99.3 Å². The summed E-state index contributed by atoms with van der Waals surface area (Å²) < 4.78 is 0. The summed E-state index contributed by atoms with van der Waals surface area (Å²) in [4.78, 5) is 41.0. The quantitative estimate of drug-likeness (QED) is 0.124. The fourth-order valence-corrected chi connectivity index (χ4v) is 22.6. The van der Waals surface area contributed by atoms with E-state index in [1.54, 1.807) is 0 Å². The molecule has 24 aromatic rings. The number of nitrogens with zero attached hydrogens (tertiary/aromatic N) is 9. The molecule has 0 bridgehead atoms. The predicted molar refractivity (Wildman–Crippen MR) is 557 cm³/mol. The van der Waals surface area contributed by atoms with Gasteiger partial charge in [-0.05, 0) is 233 Å². The van der Waals surface area contributed by atoms with Gasteiger partial charge in [0.1, 0.15) is 0 Å². The summed E-state index contributed by atoms with van der Waals surface area (Å²) >= 11 is 0. The van der Waals surface area contributed by atoms with E-state index in [0.717, 1.165) is 173 Å². The number of fused-ring (bicyclic) bond motifs is 27. The van der Waals surface area contributed by atoms with E-state index < -0.39 is 10.8 Å². The second-order valence-electron chi connectivity index (χ2n) is 35.5. The first kappa shape index (κ1) is 77.9. The first-order valence-electron chi connectivity index (χ1n) is 46.4. The normalized spacial score (nSPS) is 13.1. The molecule has 632 valence electrons. The van der Waals surface area contributed by atoms with Gasteiger partial charge >= 0.3 is 0 Å². The first-order valence-corrected chi connectivity index (χ1v) is 46.4. The largest absolute Gasteiger partial charge is 0.310 e. The average Bonchev–Trinajstić information content (AvgIpc) is 1.50. The zero-order valence-corrected chi connectivity index (χ0v) is 73.6. The molecule has 0 amide bonds. The molecule has 4 aliphatic rings. The zero-order chi connectivity index (χ0) is 89.5. The Labute approximate surface area is 785 Å². The van der Waals surface area contributed by atoms with Crippen LogP contribution in [-0.2, 0) is 10.8 Å². The molecule has 136 heavy (non-hydrogen) atoms. The van der Waals surface area contributed by atoms with Crippen molar-refractivity contribution < 1.29 is 0 Å². The van der Waals surface area contributed by atoms with Crippen LogP contribution in [0.2, 0.25) is 0 Å². The molecule has 0 radical (unpaired) electrons. The van der Waals surface area contributed by atoms with Crippen LogP contribution in [0.1, 0.15) is 44.5 Å². The molecule has 2 spiro atoms. The number of anilines is 6. The molecule has 0 unspecified atom stereocenters. The molecule has 2 aliphatic carbocycles. The maximum atomic E-state index is 5.62. The van der Waals surface area contributed by atoms with Gasteiger partial charge in [-0.3, -0.25) is 9.97 Å². The summed E-state index contributed by atoms with van der Waals surface area (Å²) in [6.07, 6.45) is 3.63. The number of rotatable bonds is 10. The van der Waals surface area contributed by atoms with Crippen LogP contribution in [0, 0.1) is 0 Å². The molecular weight excluding hydrogens is 1650 g/mol. The zero-order valence-electron chi connectivity index (χ0n) is 73.6. The molecule has 2 aliphatic heterocycles. The van der Waals surface area contributed by atoms with E-state index in [1.165, 1.54) is 83.1 Å². The van der Waals surface area contributed by atoms with Crippen molar-refractivity contribution in [3.8, 4) is 112 Å². The fourth-order valence-electron chi connectivity index (χ4n) is 22.6. The molecule has 7 aromatic heterocycles. The lowest BCUT2D eigenvalue weighted by Gasteiger charge is -2.45. The summed E-state index contributed by atoms with van der Waals surface area (Å²) in [6.45, 7) is 0. The van der Waals surface area contributed by atoms with Crippen LogP contribution in [0.15, 0.2) is 480 Å². The smallest absolute Gasteiger partial charge is 0.0972 e. The Morgan fingerprint density at radius 1 is 0.184 bits per heavy atom. The van der Waals surface area contributed by atoms with Crippen LogP contribution in [-0.4, -0.2) is 34.9 Å². The van der Waals surface area contributed by atoms with Gasteiger partial charge in [-0.15, -0.1) is 0 Å². The minimum atomic E-state index is -0.680. The molecule has 28 rings (SSSR count). The van der Waals surface area contributed by atoms with Crippen LogP contribution in [0.3, 0.4) is 0 Å². The molecule has 0 saturated heterocycles. The van der Waals surface area contributed by atoms with Gasteiger partial charge in [-0.25, -0.2) is 24.9 Å². The lowest BCUT2D eigenvalue weighted by molar-refractivity contribution is 0.754. The Bertz CT molecular complexity index is 8820. The maximum Gasteiger partial charge on any atom is 0.0972 e. The van der Waals surface area contributed by atoms with Crippen molar-refractivity contribution in [2.45, 2.75) is 10.8 Å². The molecule has 0 saturated carbocycles. The van der Waals surface area contributed by atoms with Gasteiger partial charge in [-0.1, -0.05) is 334 Å². The fraction of sp³-hybridized carbons (Fsp3) is 0.0157. The number of benzene rings is 17. The Balaban J connectivity index is 0.000000138. The summed E-state index contributed by atoms with van der Waals surface area (Å²) in [5, 5.41) is 9.01. The van der Waals surface area contributed by atoms with Crippen LogP contribution < -0.4 is 9.80 Å². The monoisotopic (exact) mass is 1730 g/mol. The van der Waals surface area contributed by atoms with Crippen molar-refractivity contribution in [3.63, 3.8) is 0 Å². The standard InChI is InChI=1S/C65H41N5.C62H38N4/c1-3-18-44(19-4-1)64-50-40-51-55(41-49(50)48-22-7-10-27-56(48)69-64)65(52-24-8-11-30-61(52)70(46-20-5-2-6-21-46)62-31-12-9-25-53(62)65)54-26-17-23-47(63(51)54)43-34-32-42(33-35-43)45-38-59(57-28-13-15-36-66-57)68-60(39-45)58-29-14-16-37-67-58;1-4-17-39(18-5-1)53-35-33-41-31-32-42-34-36-55(65-61(42)60(41)63-53)45-24-16-27-51-58(45)48-37-47-46(44-23-10-13-28-54(44)64-59(47)40-19-6-2-7-20-40)38-52(48)62(51)49-25-11-14-29-56(49)66(43-21-8-3-9-22-43)57-30-15-12-26-50(57)62/h1-41H;1-38H. The minimum absolute atomic E-state index is 0.661. The number of para-hydroxylation sites is 8. The summed E-state index contributed by atoms with van der Waals surface area (Å²) in [7, 11) is 0. The van der Waals surface area contributed by atoms with E-state index in [-0.39, 0.29) is 0 Å². The Hall–Kier alpha value is -18.1. The average molecular weight is 1730 g/mol. The summed E-state index contributed by atoms with van der Waals surface area (Å²) in [5.74, 6) is 0. The highest BCUT2D eigenvalue weighted by Gasteiger charge is 2.55. The van der Waals surface area contributed by atoms with Gasteiger partial charge in [-0.2, -0.15) is 0 Å². The van der Waals surface area contributed by atoms with Crippen molar-refractivity contribution in [2.75, 3.05) is 9.80 Å². The van der Waals surface area contributed by atoms with Crippen LogP contribution in [0.4, 0.5) is 34.1 Å². The van der Waals surface area contributed by atoms with Gasteiger partial charge in [0.25, 0.3) is 0 Å². The molecule has 9 nitrogen and oxygen atoms in total. The summed E-state index contributed by atoms with van der Waals surface area (Å²) in [5.41, 5.74) is 39.9. The summed E-state index contributed by atoms with van der Waals surface area (Å²) in [6, 6.07) is 169. The van der Waals surface area contributed by atoms with Crippen molar-refractivity contribution in [2.24, 2.45) is 0 Å². The van der Waals surface area contributed by atoms with Gasteiger partial charge in [0.15, 0.2) is 0 Å². The Morgan fingerprint density at radius 2 is 0.551 bits per heavy atom. The molecule has 0 N–H and O–H groups in total. The lowest BCUT2D eigenvalue weighted by Crippen LogP contribution is -2.36.